The van der Waals surface area contributed by atoms with Gasteiger partial charge in [0, 0.05) is 5.56 Å². The SMILES string of the molecule is CC1(C2CC2)NC(=O)N(CC(O)c2cc(F)ccc2F)C1=O. The van der Waals surface area contributed by atoms with Gasteiger partial charge in [-0.1, -0.05) is 0 Å². The molecule has 1 aliphatic heterocycles. The number of rotatable bonds is 4. The first-order valence-corrected chi connectivity index (χ1v) is 7.10. The molecular formula is C15H16F2N2O3. The van der Waals surface area contributed by atoms with Crippen LogP contribution in [0.15, 0.2) is 18.2 Å². The maximum absolute atomic E-state index is 13.6. The second-order valence-corrected chi connectivity index (χ2v) is 6.00. The number of aliphatic hydroxyl groups is 1. The van der Waals surface area contributed by atoms with Crippen LogP contribution in [0.1, 0.15) is 31.4 Å². The molecule has 0 aromatic heterocycles. The predicted molar refractivity (Wildman–Crippen MR) is 72.7 cm³/mol. The molecule has 0 radical (unpaired) electrons. The number of nitrogens with one attached hydrogen (secondary N) is 1. The molecule has 3 rings (SSSR count). The second kappa shape index (κ2) is 5.01. The van der Waals surface area contributed by atoms with Gasteiger partial charge in [0.15, 0.2) is 0 Å². The maximum atomic E-state index is 13.6. The van der Waals surface area contributed by atoms with Crippen molar-refractivity contribution in [2.75, 3.05) is 6.54 Å². The quantitative estimate of drug-likeness (QED) is 0.832. The van der Waals surface area contributed by atoms with Gasteiger partial charge in [-0.25, -0.2) is 13.6 Å². The molecule has 2 unspecified atom stereocenters. The first kappa shape index (κ1) is 14.9. The van der Waals surface area contributed by atoms with Crippen molar-refractivity contribution in [1.82, 2.24) is 10.2 Å². The molecule has 0 spiro atoms. The minimum atomic E-state index is -1.48. The largest absolute Gasteiger partial charge is 0.386 e. The number of carbonyl (C=O) groups is 2. The summed E-state index contributed by atoms with van der Waals surface area (Å²) in [6, 6.07) is 2.08. The monoisotopic (exact) mass is 310 g/mol. The van der Waals surface area contributed by atoms with Crippen molar-refractivity contribution in [3.05, 3.63) is 35.4 Å². The molecule has 1 aromatic carbocycles. The molecule has 22 heavy (non-hydrogen) atoms. The molecule has 5 nitrogen and oxygen atoms in total. The lowest BCUT2D eigenvalue weighted by Crippen LogP contribution is -2.46. The van der Waals surface area contributed by atoms with Gasteiger partial charge in [-0.05, 0) is 43.9 Å². The Kier molecular flexibility index (Phi) is 3.40. The highest BCUT2D eigenvalue weighted by atomic mass is 19.1. The highest BCUT2D eigenvalue weighted by molar-refractivity contribution is 6.07. The Labute approximate surface area is 125 Å². The van der Waals surface area contributed by atoms with Crippen molar-refractivity contribution < 1.29 is 23.5 Å². The van der Waals surface area contributed by atoms with Crippen LogP contribution in [0.25, 0.3) is 0 Å². The van der Waals surface area contributed by atoms with Gasteiger partial charge in [0.2, 0.25) is 0 Å². The number of benzene rings is 1. The van der Waals surface area contributed by atoms with Gasteiger partial charge in [0.25, 0.3) is 5.91 Å². The van der Waals surface area contributed by atoms with Gasteiger partial charge >= 0.3 is 6.03 Å². The fourth-order valence-corrected chi connectivity index (χ4v) is 2.86. The Morgan fingerprint density at radius 3 is 2.73 bits per heavy atom. The number of amides is 3. The van der Waals surface area contributed by atoms with Crippen LogP contribution in [0.4, 0.5) is 13.6 Å². The molecule has 1 aromatic rings. The normalized spacial score (nSPS) is 26.3. The standard InChI is InChI=1S/C15H16F2N2O3/c1-15(8-2-3-8)13(21)19(14(22)18-15)7-12(20)10-6-9(16)4-5-11(10)17/h4-6,8,12,20H,2-3,7H2,1H3,(H,18,22). The van der Waals surface area contributed by atoms with E-state index in [-0.39, 0.29) is 11.5 Å². The van der Waals surface area contributed by atoms with E-state index >= 15 is 0 Å². The molecule has 7 heteroatoms. The predicted octanol–water partition coefficient (Wildman–Crippen LogP) is 1.72. The van der Waals surface area contributed by atoms with Crippen LogP contribution in [-0.2, 0) is 4.79 Å². The van der Waals surface area contributed by atoms with E-state index in [1.807, 2.05) is 0 Å². The zero-order valence-electron chi connectivity index (χ0n) is 12.0. The van der Waals surface area contributed by atoms with Gasteiger partial charge in [0.1, 0.15) is 23.3 Å². The van der Waals surface area contributed by atoms with Crippen LogP contribution in [-0.4, -0.2) is 34.0 Å². The van der Waals surface area contributed by atoms with Crippen molar-refractivity contribution >= 4 is 11.9 Å². The summed E-state index contributed by atoms with van der Waals surface area (Å²) >= 11 is 0. The lowest BCUT2D eigenvalue weighted by atomic mass is 9.96. The Hall–Kier alpha value is -2.02. The summed E-state index contributed by atoms with van der Waals surface area (Å²) in [5.74, 6) is -1.82. The average Bonchev–Trinajstić information content (AvgIpc) is 3.28. The molecule has 0 bridgehead atoms. The lowest BCUT2D eigenvalue weighted by molar-refractivity contribution is -0.132. The Morgan fingerprint density at radius 1 is 1.41 bits per heavy atom. The Bertz CT molecular complexity index is 648. The summed E-state index contributed by atoms with van der Waals surface area (Å²) in [5.41, 5.74) is -1.24. The van der Waals surface area contributed by atoms with Crippen LogP contribution in [0.3, 0.4) is 0 Å². The molecule has 1 saturated heterocycles. The summed E-state index contributed by atoms with van der Waals surface area (Å²) in [5, 5.41) is 12.7. The molecule has 2 N–H and O–H groups in total. The molecule has 1 saturated carbocycles. The first-order chi connectivity index (χ1) is 10.3. The second-order valence-electron chi connectivity index (χ2n) is 6.00. The zero-order valence-corrected chi connectivity index (χ0v) is 12.0. The minimum Gasteiger partial charge on any atom is -0.386 e. The molecule has 1 heterocycles. The number of urea groups is 1. The number of halogens is 2. The zero-order chi connectivity index (χ0) is 16.1. The number of aliphatic hydroxyl groups excluding tert-OH is 1. The molecule has 1 aliphatic carbocycles. The summed E-state index contributed by atoms with van der Waals surface area (Å²) in [6.45, 7) is 1.24. The number of nitrogens with zero attached hydrogens (tertiary/aromatic N) is 1. The minimum absolute atomic E-state index is 0.0944. The van der Waals surface area contributed by atoms with Crippen LogP contribution in [0, 0.1) is 17.6 Å². The van der Waals surface area contributed by atoms with E-state index in [1.165, 1.54) is 0 Å². The summed E-state index contributed by atoms with van der Waals surface area (Å²) in [6.07, 6.45) is 0.237. The van der Waals surface area contributed by atoms with Gasteiger partial charge in [-0.2, -0.15) is 0 Å². The number of imide groups is 1. The van der Waals surface area contributed by atoms with Crippen LogP contribution < -0.4 is 5.32 Å². The van der Waals surface area contributed by atoms with Crippen molar-refractivity contribution in [1.29, 1.82) is 0 Å². The van der Waals surface area contributed by atoms with Crippen molar-refractivity contribution in [3.63, 3.8) is 0 Å². The lowest BCUT2D eigenvalue weighted by Gasteiger charge is -2.22. The number of hydrogen-bond acceptors (Lipinski definition) is 3. The van der Waals surface area contributed by atoms with E-state index in [9.17, 15) is 23.5 Å². The third-order valence-corrected chi connectivity index (χ3v) is 4.37. The van der Waals surface area contributed by atoms with E-state index in [1.54, 1.807) is 6.92 Å². The smallest absolute Gasteiger partial charge is 0.325 e. The van der Waals surface area contributed by atoms with E-state index in [2.05, 4.69) is 5.32 Å². The van der Waals surface area contributed by atoms with E-state index in [4.69, 9.17) is 0 Å². The van der Waals surface area contributed by atoms with Gasteiger partial charge in [-0.15, -0.1) is 0 Å². The van der Waals surface area contributed by atoms with E-state index < -0.39 is 41.8 Å². The van der Waals surface area contributed by atoms with Crippen LogP contribution >= 0.6 is 0 Å². The van der Waals surface area contributed by atoms with Gasteiger partial charge < -0.3 is 10.4 Å². The molecule has 2 atom stereocenters. The molecular weight excluding hydrogens is 294 g/mol. The van der Waals surface area contributed by atoms with Gasteiger partial charge in [0.05, 0.1) is 6.54 Å². The van der Waals surface area contributed by atoms with Crippen molar-refractivity contribution in [3.8, 4) is 0 Å². The fourth-order valence-electron chi connectivity index (χ4n) is 2.86. The molecule has 2 fully saturated rings. The molecule has 3 amide bonds. The van der Waals surface area contributed by atoms with E-state index in [0.29, 0.717) is 0 Å². The molecule has 118 valence electrons. The average molecular weight is 310 g/mol. The van der Waals surface area contributed by atoms with E-state index in [0.717, 1.165) is 35.9 Å². The van der Waals surface area contributed by atoms with Crippen molar-refractivity contribution in [2.45, 2.75) is 31.4 Å². The number of carbonyl (C=O) groups excluding carboxylic acids is 2. The van der Waals surface area contributed by atoms with Gasteiger partial charge in [-0.3, -0.25) is 9.69 Å². The van der Waals surface area contributed by atoms with Crippen LogP contribution in [0.2, 0.25) is 0 Å². The highest BCUT2D eigenvalue weighted by Gasteiger charge is 2.56. The number of β-amino-alcohol motifs (C(OH)–C–C–N with tert-alkyl or cyclic N) is 1. The Balaban J connectivity index is 1.79. The third-order valence-electron chi connectivity index (χ3n) is 4.37. The van der Waals surface area contributed by atoms with Crippen molar-refractivity contribution in [2.24, 2.45) is 5.92 Å². The summed E-state index contributed by atoms with van der Waals surface area (Å²) in [7, 11) is 0. The summed E-state index contributed by atoms with van der Waals surface area (Å²) < 4.78 is 26.8. The van der Waals surface area contributed by atoms with Crippen LogP contribution in [0.5, 0.6) is 0 Å². The third kappa shape index (κ3) is 2.35. The topological polar surface area (TPSA) is 69.6 Å². The number of hydrogen-bond donors (Lipinski definition) is 2. The first-order valence-electron chi connectivity index (χ1n) is 7.10. The fraction of sp³-hybridized carbons (Fsp3) is 0.467. The Morgan fingerprint density at radius 2 is 2.09 bits per heavy atom. The maximum Gasteiger partial charge on any atom is 0.325 e. The molecule has 2 aliphatic rings. The highest BCUT2D eigenvalue weighted by Crippen LogP contribution is 2.42. The summed E-state index contributed by atoms with van der Waals surface area (Å²) in [4.78, 5) is 25.2.